The maximum Gasteiger partial charge on any atom is 0.435 e. The highest BCUT2D eigenvalue weighted by molar-refractivity contribution is 5.59. The number of nitrogens with zero attached hydrogens (tertiary/aromatic N) is 4. The van der Waals surface area contributed by atoms with Gasteiger partial charge in [-0.05, 0) is 37.1 Å². The van der Waals surface area contributed by atoms with E-state index in [1.165, 1.54) is 23.0 Å². The Labute approximate surface area is 135 Å². The van der Waals surface area contributed by atoms with Crippen molar-refractivity contribution in [2.45, 2.75) is 25.1 Å². The number of piperidine rings is 1. The Bertz CT molecular complexity index is 775. The minimum atomic E-state index is -4.47. The number of hydrogen-bond donors (Lipinski definition) is 0. The summed E-state index contributed by atoms with van der Waals surface area (Å²) in [7, 11) is 0. The van der Waals surface area contributed by atoms with E-state index in [0.29, 0.717) is 25.2 Å². The quantitative estimate of drug-likeness (QED) is 0.784. The molecule has 24 heavy (non-hydrogen) atoms. The minimum Gasteiger partial charge on any atom is -0.368 e. The number of halogens is 4. The van der Waals surface area contributed by atoms with Crippen molar-refractivity contribution in [3.63, 3.8) is 0 Å². The van der Waals surface area contributed by atoms with Crippen molar-refractivity contribution in [1.82, 2.24) is 9.78 Å². The molecule has 0 N–H and O–H groups in total. The molecule has 1 fully saturated rings. The van der Waals surface area contributed by atoms with Gasteiger partial charge in [0.2, 0.25) is 0 Å². The molecule has 1 aliphatic rings. The van der Waals surface area contributed by atoms with Gasteiger partial charge in [-0.1, -0.05) is 0 Å². The molecule has 4 nitrogen and oxygen atoms in total. The van der Waals surface area contributed by atoms with Crippen molar-refractivity contribution in [3.05, 3.63) is 47.5 Å². The molecule has 1 atom stereocenters. The first-order valence-electron chi connectivity index (χ1n) is 7.45. The second kappa shape index (κ2) is 6.15. The summed E-state index contributed by atoms with van der Waals surface area (Å²) in [6.07, 6.45) is -1.70. The minimum absolute atomic E-state index is 0.215. The largest absolute Gasteiger partial charge is 0.435 e. The third-order valence-electron chi connectivity index (χ3n) is 4.09. The molecule has 0 radical (unpaired) electrons. The predicted molar refractivity (Wildman–Crippen MR) is 78.8 cm³/mol. The summed E-state index contributed by atoms with van der Waals surface area (Å²) in [6.45, 7) is 1.07. The average molecular weight is 338 g/mol. The Morgan fingerprint density at radius 2 is 2.04 bits per heavy atom. The number of hydrogen-bond acceptors (Lipinski definition) is 3. The van der Waals surface area contributed by atoms with Gasteiger partial charge in [-0.15, -0.1) is 0 Å². The Morgan fingerprint density at radius 1 is 1.25 bits per heavy atom. The third kappa shape index (κ3) is 3.20. The fourth-order valence-electron chi connectivity index (χ4n) is 2.96. The average Bonchev–Trinajstić information content (AvgIpc) is 3.05. The lowest BCUT2D eigenvalue weighted by Gasteiger charge is -2.35. The van der Waals surface area contributed by atoms with Gasteiger partial charge < -0.3 is 4.90 Å². The van der Waals surface area contributed by atoms with Gasteiger partial charge in [0.15, 0.2) is 5.69 Å². The van der Waals surface area contributed by atoms with Crippen molar-refractivity contribution in [3.8, 4) is 6.07 Å². The molecule has 0 amide bonds. The topological polar surface area (TPSA) is 44.9 Å². The van der Waals surface area contributed by atoms with Gasteiger partial charge >= 0.3 is 6.18 Å². The van der Waals surface area contributed by atoms with Crippen LogP contribution in [0.4, 0.5) is 23.2 Å². The van der Waals surface area contributed by atoms with Crippen molar-refractivity contribution in [2.24, 2.45) is 0 Å². The second-order valence-electron chi connectivity index (χ2n) is 5.69. The van der Waals surface area contributed by atoms with Crippen LogP contribution in [0.2, 0.25) is 0 Å². The van der Waals surface area contributed by atoms with Crippen LogP contribution >= 0.6 is 0 Å². The molecule has 1 saturated heterocycles. The molecule has 126 valence electrons. The lowest BCUT2D eigenvalue weighted by atomic mass is 10.0. The summed E-state index contributed by atoms with van der Waals surface area (Å²) in [4.78, 5) is 1.89. The third-order valence-corrected chi connectivity index (χ3v) is 4.09. The fourth-order valence-corrected chi connectivity index (χ4v) is 2.96. The van der Waals surface area contributed by atoms with Gasteiger partial charge in [0.25, 0.3) is 0 Å². The highest BCUT2D eigenvalue weighted by atomic mass is 19.4. The Morgan fingerprint density at radius 3 is 2.71 bits per heavy atom. The zero-order valence-electron chi connectivity index (χ0n) is 12.6. The number of alkyl halides is 3. The highest BCUT2D eigenvalue weighted by Crippen LogP contribution is 2.31. The Hall–Kier alpha value is -2.56. The fraction of sp³-hybridized carbons (Fsp3) is 0.375. The summed E-state index contributed by atoms with van der Waals surface area (Å²) in [5, 5.41) is 12.8. The Kier molecular flexibility index (Phi) is 4.18. The maximum atomic E-state index is 13.3. The number of benzene rings is 1. The smallest absolute Gasteiger partial charge is 0.368 e. The van der Waals surface area contributed by atoms with E-state index in [-0.39, 0.29) is 11.6 Å². The van der Waals surface area contributed by atoms with E-state index >= 15 is 0 Å². The number of nitriles is 1. The van der Waals surface area contributed by atoms with Gasteiger partial charge in [0.05, 0.1) is 17.3 Å². The van der Waals surface area contributed by atoms with Crippen LogP contribution in [0.3, 0.4) is 0 Å². The van der Waals surface area contributed by atoms with Crippen LogP contribution in [0.25, 0.3) is 0 Å². The molecule has 0 bridgehead atoms. The van der Waals surface area contributed by atoms with E-state index < -0.39 is 17.7 Å². The normalized spacial score (nSPS) is 18.5. The van der Waals surface area contributed by atoms with Crippen LogP contribution in [0.15, 0.2) is 30.5 Å². The summed E-state index contributed by atoms with van der Waals surface area (Å²) >= 11 is 0. The van der Waals surface area contributed by atoms with Gasteiger partial charge in [-0.2, -0.15) is 23.5 Å². The maximum absolute atomic E-state index is 13.3. The predicted octanol–water partition coefficient (Wildman–Crippen LogP) is 3.75. The van der Waals surface area contributed by atoms with Gasteiger partial charge in [-0.25, -0.2) is 4.39 Å². The van der Waals surface area contributed by atoms with E-state index in [1.807, 2.05) is 11.0 Å². The summed E-state index contributed by atoms with van der Waals surface area (Å²) in [6, 6.07) is 6.65. The van der Waals surface area contributed by atoms with Crippen LogP contribution < -0.4 is 4.90 Å². The van der Waals surface area contributed by atoms with E-state index in [0.717, 1.165) is 18.6 Å². The van der Waals surface area contributed by atoms with Crippen LogP contribution in [0, 0.1) is 17.1 Å². The van der Waals surface area contributed by atoms with Crippen molar-refractivity contribution in [2.75, 3.05) is 18.0 Å². The molecule has 0 saturated carbocycles. The first kappa shape index (κ1) is 16.3. The molecule has 1 aromatic heterocycles. The molecule has 2 heterocycles. The van der Waals surface area contributed by atoms with Crippen molar-refractivity contribution in [1.29, 1.82) is 5.26 Å². The van der Waals surface area contributed by atoms with Crippen LogP contribution in [-0.2, 0) is 6.18 Å². The van der Waals surface area contributed by atoms with Crippen LogP contribution in [0.1, 0.15) is 30.1 Å². The standard InChI is InChI=1S/C16H14F4N4/c17-12-3-4-14(11(8-12)9-21)23-6-1-2-13(10-23)24-7-5-15(22-24)16(18,19)20/h3-5,7-8,13H,1-2,6,10H2. The molecule has 0 aliphatic carbocycles. The molecule has 1 unspecified atom stereocenters. The van der Waals surface area contributed by atoms with Crippen molar-refractivity contribution < 1.29 is 17.6 Å². The molecule has 0 spiro atoms. The monoisotopic (exact) mass is 338 g/mol. The highest BCUT2D eigenvalue weighted by Gasteiger charge is 2.34. The number of rotatable bonds is 2. The van der Waals surface area contributed by atoms with E-state index in [4.69, 9.17) is 5.26 Å². The van der Waals surface area contributed by atoms with Gasteiger partial charge in [0.1, 0.15) is 11.9 Å². The molecule has 2 aromatic rings. The Balaban J connectivity index is 1.83. The SMILES string of the molecule is N#Cc1cc(F)ccc1N1CCCC(n2ccc(C(F)(F)F)n2)C1. The van der Waals surface area contributed by atoms with E-state index in [2.05, 4.69) is 5.10 Å². The van der Waals surface area contributed by atoms with Gasteiger partial charge in [0, 0.05) is 19.3 Å². The number of anilines is 1. The molecular formula is C16H14F4N4. The molecule has 8 heteroatoms. The van der Waals surface area contributed by atoms with Crippen LogP contribution in [0.5, 0.6) is 0 Å². The van der Waals surface area contributed by atoms with E-state index in [9.17, 15) is 17.6 Å². The number of aromatic nitrogens is 2. The zero-order valence-corrected chi connectivity index (χ0v) is 12.6. The second-order valence-corrected chi connectivity index (χ2v) is 5.69. The first-order chi connectivity index (χ1) is 11.4. The molecule has 3 rings (SSSR count). The van der Waals surface area contributed by atoms with E-state index in [1.54, 1.807) is 0 Å². The van der Waals surface area contributed by atoms with Crippen molar-refractivity contribution >= 4 is 5.69 Å². The van der Waals surface area contributed by atoms with Gasteiger partial charge in [-0.3, -0.25) is 4.68 Å². The summed E-state index contributed by atoms with van der Waals surface area (Å²) < 4.78 is 52.7. The summed E-state index contributed by atoms with van der Waals surface area (Å²) in [5.74, 6) is -0.495. The molecule has 1 aliphatic heterocycles. The first-order valence-corrected chi connectivity index (χ1v) is 7.45. The lowest BCUT2D eigenvalue weighted by molar-refractivity contribution is -0.141. The zero-order chi connectivity index (χ0) is 17.3. The summed E-state index contributed by atoms with van der Waals surface area (Å²) in [5.41, 5.74) is -0.113. The van der Waals surface area contributed by atoms with Crippen LogP contribution in [-0.4, -0.2) is 22.9 Å². The molecular weight excluding hydrogens is 324 g/mol. The lowest BCUT2D eigenvalue weighted by Crippen LogP contribution is -2.37. The molecule has 1 aromatic carbocycles.